The number of nitrogens with one attached hydrogen (secondary N) is 1. The Balaban J connectivity index is 1.18. The van der Waals surface area contributed by atoms with E-state index in [1.807, 2.05) is 0 Å². The number of hydrogen-bond donors (Lipinski definition) is 1. The topological polar surface area (TPSA) is 91.6 Å². The molecular formula is C19H25N5O3. The first-order valence-corrected chi connectivity index (χ1v) is 9.94. The molecule has 144 valence electrons. The fourth-order valence-electron chi connectivity index (χ4n) is 5.47. The van der Waals surface area contributed by atoms with Crippen molar-refractivity contribution in [2.24, 2.45) is 17.3 Å². The second-order valence-electron chi connectivity index (χ2n) is 8.63. The highest BCUT2D eigenvalue weighted by atomic mass is 16.6. The number of anilines is 1. The van der Waals surface area contributed by atoms with E-state index in [2.05, 4.69) is 20.1 Å². The van der Waals surface area contributed by atoms with Crippen LogP contribution < -0.4 is 10.2 Å². The van der Waals surface area contributed by atoms with Crippen LogP contribution in [0.3, 0.4) is 0 Å². The number of pyridine rings is 1. The summed E-state index contributed by atoms with van der Waals surface area (Å²) >= 11 is 0. The third kappa shape index (κ3) is 2.86. The molecular weight excluding hydrogens is 346 g/mol. The molecule has 1 aliphatic carbocycles. The number of hydrogen-bond acceptors (Lipinski definition) is 6. The van der Waals surface area contributed by atoms with Crippen LogP contribution in [0.4, 0.5) is 11.5 Å². The summed E-state index contributed by atoms with van der Waals surface area (Å²) in [6.45, 7) is 4.93. The molecule has 4 fully saturated rings. The maximum atomic E-state index is 13.0. The van der Waals surface area contributed by atoms with Crippen LogP contribution in [0.1, 0.15) is 25.7 Å². The van der Waals surface area contributed by atoms with E-state index >= 15 is 0 Å². The number of nitro groups is 1. The molecule has 4 heterocycles. The Labute approximate surface area is 158 Å². The first-order chi connectivity index (χ1) is 13.1. The first kappa shape index (κ1) is 16.9. The monoisotopic (exact) mass is 371 g/mol. The van der Waals surface area contributed by atoms with E-state index in [4.69, 9.17) is 0 Å². The Kier molecular flexibility index (Phi) is 3.86. The zero-order valence-electron chi connectivity index (χ0n) is 15.3. The molecule has 1 aromatic heterocycles. The van der Waals surface area contributed by atoms with Crippen LogP contribution in [-0.2, 0) is 4.79 Å². The third-order valence-electron chi connectivity index (χ3n) is 7.03. The molecule has 1 aromatic rings. The van der Waals surface area contributed by atoms with Crippen molar-refractivity contribution in [1.29, 1.82) is 0 Å². The molecule has 1 amide bonds. The van der Waals surface area contributed by atoms with E-state index in [1.165, 1.54) is 12.3 Å². The number of rotatable bonds is 4. The predicted octanol–water partition coefficient (Wildman–Crippen LogP) is 1.42. The van der Waals surface area contributed by atoms with Gasteiger partial charge in [-0.3, -0.25) is 14.9 Å². The van der Waals surface area contributed by atoms with Gasteiger partial charge in [-0.15, -0.1) is 0 Å². The van der Waals surface area contributed by atoms with Crippen molar-refractivity contribution in [2.45, 2.75) is 31.7 Å². The largest absolute Gasteiger partial charge is 0.356 e. The predicted molar refractivity (Wildman–Crippen MR) is 99.4 cm³/mol. The minimum absolute atomic E-state index is 0.0153. The molecule has 0 spiro atoms. The van der Waals surface area contributed by atoms with Gasteiger partial charge < -0.3 is 15.1 Å². The molecule has 0 aromatic carbocycles. The van der Waals surface area contributed by atoms with Crippen molar-refractivity contribution >= 4 is 17.4 Å². The van der Waals surface area contributed by atoms with Crippen LogP contribution in [0, 0.1) is 27.4 Å². The lowest BCUT2D eigenvalue weighted by Crippen LogP contribution is -2.56. The fourth-order valence-corrected chi connectivity index (χ4v) is 5.47. The van der Waals surface area contributed by atoms with E-state index < -0.39 is 4.92 Å². The lowest BCUT2D eigenvalue weighted by atomic mass is 9.73. The second kappa shape index (κ2) is 6.15. The number of nitrogens with zero attached hydrogens (tertiary/aromatic N) is 4. The summed E-state index contributed by atoms with van der Waals surface area (Å²) < 4.78 is 0. The van der Waals surface area contributed by atoms with Gasteiger partial charge in [0, 0.05) is 43.6 Å². The summed E-state index contributed by atoms with van der Waals surface area (Å²) in [6, 6.07) is 3.51. The van der Waals surface area contributed by atoms with Crippen molar-refractivity contribution in [3.63, 3.8) is 0 Å². The number of carbonyl (C=O) groups excluding carboxylic acids is 1. The smallest absolute Gasteiger partial charge is 0.287 e. The van der Waals surface area contributed by atoms with Crippen LogP contribution in [0.15, 0.2) is 18.3 Å². The lowest BCUT2D eigenvalue weighted by molar-refractivity contribution is -0.385. The lowest BCUT2D eigenvalue weighted by Gasteiger charge is -2.46. The highest BCUT2D eigenvalue weighted by Gasteiger charge is 2.58. The van der Waals surface area contributed by atoms with Gasteiger partial charge in [-0.25, -0.2) is 4.98 Å². The van der Waals surface area contributed by atoms with Crippen LogP contribution in [-0.4, -0.2) is 59.5 Å². The summed E-state index contributed by atoms with van der Waals surface area (Å²) in [4.78, 5) is 32.2. The van der Waals surface area contributed by atoms with E-state index in [1.54, 1.807) is 6.07 Å². The van der Waals surface area contributed by atoms with Crippen molar-refractivity contribution in [3.05, 3.63) is 28.4 Å². The van der Waals surface area contributed by atoms with E-state index in [0.29, 0.717) is 17.9 Å². The van der Waals surface area contributed by atoms with Crippen molar-refractivity contribution < 1.29 is 9.72 Å². The quantitative estimate of drug-likeness (QED) is 0.636. The van der Waals surface area contributed by atoms with Crippen LogP contribution in [0.25, 0.3) is 0 Å². The maximum Gasteiger partial charge on any atom is 0.287 e. The Hall–Kier alpha value is -2.22. The average molecular weight is 371 g/mol. The zero-order chi connectivity index (χ0) is 18.6. The Morgan fingerprint density at radius 3 is 2.52 bits per heavy atom. The molecule has 1 N–H and O–H groups in total. The van der Waals surface area contributed by atoms with Crippen molar-refractivity contribution in [2.75, 3.05) is 37.6 Å². The Morgan fingerprint density at radius 1 is 1.22 bits per heavy atom. The number of fused-ring (bicyclic) bond motifs is 3. The van der Waals surface area contributed by atoms with Crippen LogP contribution in [0.5, 0.6) is 0 Å². The van der Waals surface area contributed by atoms with Gasteiger partial charge in [0.1, 0.15) is 12.0 Å². The summed E-state index contributed by atoms with van der Waals surface area (Å²) in [5.41, 5.74) is -0.144. The third-order valence-corrected chi connectivity index (χ3v) is 7.03. The number of carbonyl (C=O) groups is 1. The van der Waals surface area contributed by atoms with E-state index in [-0.39, 0.29) is 17.0 Å². The summed E-state index contributed by atoms with van der Waals surface area (Å²) in [7, 11) is 0. The fraction of sp³-hybridized carbons (Fsp3) is 0.684. The molecule has 4 aliphatic rings. The maximum absolute atomic E-state index is 13.0. The van der Waals surface area contributed by atoms with Gasteiger partial charge in [0.05, 0.1) is 10.3 Å². The van der Waals surface area contributed by atoms with Gasteiger partial charge in [0.2, 0.25) is 5.91 Å². The molecule has 1 saturated carbocycles. The van der Waals surface area contributed by atoms with Crippen molar-refractivity contribution in [1.82, 2.24) is 15.2 Å². The van der Waals surface area contributed by atoms with Crippen LogP contribution >= 0.6 is 0 Å². The SMILES string of the molecule is O=C(NC1[C@H]2CN(c3ccc([N+](=O)[O-])cn3)C[C@@H]12)C12CCCN(CCC1)C2. The average Bonchev–Trinajstić information content (AvgIpc) is 3.11. The molecule has 8 heteroatoms. The highest BCUT2D eigenvalue weighted by Crippen LogP contribution is 2.48. The van der Waals surface area contributed by atoms with Gasteiger partial charge in [0.15, 0.2) is 0 Å². The second-order valence-corrected chi connectivity index (χ2v) is 8.63. The number of aromatic nitrogens is 1. The molecule has 2 bridgehead atoms. The highest BCUT2D eigenvalue weighted by molar-refractivity contribution is 5.84. The number of piperidine rings is 3. The van der Waals surface area contributed by atoms with Gasteiger partial charge >= 0.3 is 0 Å². The van der Waals surface area contributed by atoms with Crippen LogP contribution in [0.2, 0.25) is 0 Å². The molecule has 3 atom stereocenters. The minimum Gasteiger partial charge on any atom is -0.356 e. The standard InChI is InChI=1S/C19H25N5O3/c25-18(19-5-1-7-22(12-19)8-2-6-19)21-17-14-10-23(11-15(14)17)16-4-3-13(9-20-16)24(26)27/h3-4,9,14-15,17H,1-2,5-8,10-12H2,(H,21,25)/t14-,15+,17?. The molecule has 1 unspecified atom stereocenters. The molecule has 3 aliphatic heterocycles. The van der Waals surface area contributed by atoms with Gasteiger partial charge in [0.25, 0.3) is 5.69 Å². The normalized spacial score (nSPS) is 36.8. The van der Waals surface area contributed by atoms with Gasteiger partial charge in [-0.1, -0.05) is 0 Å². The molecule has 5 rings (SSSR count). The molecule has 27 heavy (non-hydrogen) atoms. The van der Waals surface area contributed by atoms with Crippen molar-refractivity contribution in [3.8, 4) is 0 Å². The summed E-state index contributed by atoms with van der Waals surface area (Å²) in [5, 5.41) is 14.1. The molecule has 0 radical (unpaired) electrons. The number of amides is 1. The molecule has 3 saturated heterocycles. The van der Waals surface area contributed by atoms with E-state index in [9.17, 15) is 14.9 Å². The summed E-state index contributed by atoms with van der Waals surface area (Å²) in [6.07, 6.45) is 5.62. The Bertz CT molecular complexity index is 745. The van der Waals surface area contributed by atoms with Gasteiger partial charge in [-0.05, 0) is 44.8 Å². The minimum atomic E-state index is -0.430. The summed E-state index contributed by atoms with van der Waals surface area (Å²) in [5.74, 6) is 2.01. The van der Waals surface area contributed by atoms with Gasteiger partial charge in [-0.2, -0.15) is 0 Å². The molecule has 8 nitrogen and oxygen atoms in total. The first-order valence-electron chi connectivity index (χ1n) is 9.94. The van der Waals surface area contributed by atoms with E-state index in [0.717, 1.165) is 64.2 Å². The zero-order valence-corrected chi connectivity index (χ0v) is 15.3. The Morgan fingerprint density at radius 2 is 1.93 bits per heavy atom.